The molecule has 0 rings (SSSR count). The molecule has 12 nitrogen and oxygen atoms in total. The van der Waals surface area contributed by atoms with Crippen LogP contribution in [0.3, 0.4) is 0 Å². The Morgan fingerprint density at radius 1 is 0.438 bits per heavy atom. The van der Waals surface area contributed by atoms with Gasteiger partial charge in [0.2, 0.25) is 0 Å². The van der Waals surface area contributed by atoms with Crippen molar-refractivity contribution in [3.63, 3.8) is 0 Å². The van der Waals surface area contributed by atoms with E-state index in [2.05, 4.69) is 0 Å². The van der Waals surface area contributed by atoms with Crippen LogP contribution in [0.5, 0.6) is 0 Å². The number of hydrogen-bond donors (Lipinski definition) is 0. The summed E-state index contributed by atoms with van der Waals surface area (Å²) in [6.07, 6.45) is 0. The van der Waals surface area contributed by atoms with Gasteiger partial charge in [-0.15, -0.1) is 0 Å². The molecule has 0 atom stereocenters. The standard InChI is InChI=1S/Na.3H3O4P/c;3*1-5(2,3)4/h;3*(H3,1,2,3,4)/q+1;;;/p-9. The van der Waals surface area contributed by atoms with Gasteiger partial charge in [0.05, 0.1) is 0 Å². The predicted octanol–water partition coefficient (Wildman–Crippen LogP) is -11.5. The number of hydrogen-bond acceptors (Lipinski definition) is 12. The number of rotatable bonds is 0. The molecule has 0 aromatic carbocycles. The molecule has 0 N–H and O–H groups in total. The van der Waals surface area contributed by atoms with E-state index in [0.29, 0.717) is 0 Å². The summed E-state index contributed by atoms with van der Waals surface area (Å²) in [4.78, 5) is 76.9. The van der Waals surface area contributed by atoms with Gasteiger partial charge >= 0.3 is 29.6 Å². The molecule has 96 valence electrons. The average molecular weight is 308 g/mol. The van der Waals surface area contributed by atoms with Crippen LogP contribution in [0.25, 0.3) is 0 Å². The molecule has 0 aromatic rings. The molecular formula is NaO12P3-8. The van der Waals surface area contributed by atoms with Crippen molar-refractivity contribution in [1.82, 2.24) is 0 Å². The van der Waals surface area contributed by atoms with Gasteiger partial charge < -0.3 is 57.7 Å². The second kappa shape index (κ2) is 10.3. The summed E-state index contributed by atoms with van der Waals surface area (Å²) < 4.78 is 25.6. The van der Waals surface area contributed by atoms with Gasteiger partial charge in [0.1, 0.15) is 0 Å². The van der Waals surface area contributed by atoms with Crippen LogP contribution in [0, 0.1) is 0 Å². The van der Waals surface area contributed by atoms with Crippen LogP contribution < -0.4 is 73.6 Å². The molecule has 0 aromatic heterocycles. The van der Waals surface area contributed by atoms with Crippen LogP contribution in [0.1, 0.15) is 0 Å². The van der Waals surface area contributed by atoms with Gasteiger partial charge in [-0.3, -0.25) is 0 Å². The first-order valence-electron chi connectivity index (χ1n) is 2.19. The molecule has 0 fully saturated rings. The molecule has 0 unspecified atom stereocenters. The first-order chi connectivity index (χ1) is 6.00. The van der Waals surface area contributed by atoms with Crippen molar-refractivity contribution in [2.45, 2.75) is 0 Å². The second-order valence-corrected chi connectivity index (χ2v) is 4.02. The molecule has 0 radical (unpaired) electrons. The Bertz CT molecular complexity index is 202. The Balaban J connectivity index is -0.0000000655. The van der Waals surface area contributed by atoms with Crippen molar-refractivity contribution >= 4 is 23.5 Å². The Labute approximate surface area is 111 Å². The quantitative estimate of drug-likeness (QED) is 0.298. The summed E-state index contributed by atoms with van der Waals surface area (Å²) >= 11 is 0. The van der Waals surface area contributed by atoms with Gasteiger partial charge in [0.15, 0.2) is 0 Å². The van der Waals surface area contributed by atoms with E-state index in [1.54, 1.807) is 0 Å². The third-order valence-corrected chi connectivity index (χ3v) is 0. The van der Waals surface area contributed by atoms with Gasteiger partial charge in [-0.25, -0.2) is 0 Å². The fourth-order valence-electron chi connectivity index (χ4n) is 0. The summed E-state index contributed by atoms with van der Waals surface area (Å²) in [6, 6.07) is 0. The van der Waals surface area contributed by atoms with Crippen LogP contribution in [0.15, 0.2) is 0 Å². The van der Waals surface area contributed by atoms with Crippen LogP contribution >= 0.6 is 23.5 Å². The molecule has 16 heavy (non-hydrogen) atoms. The molecule has 0 saturated carbocycles. The Kier molecular flexibility index (Phi) is 16.7. The average Bonchev–Trinajstić information content (AvgIpc) is 1.41. The molecule has 0 heterocycles. The zero-order valence-corrected chi connectivity index (χ0v) is 11.9. The largest absolute Gasteiger partial charge is 1.00 e. The fourth-order valence-corrected chi connectivity index (χ4v) is 0. The first kappa shape index (κ1) is 26.0. The summed E-state index contributed by atoms with van der Waals surface area (Å²) in [5, 5.41) is 0. The zero-order valence-electron chi connectivity index (χ0n) is 7.24. The normalized spacial score (nSPS) is 11.1. The van der Waals surface area contributed by atoms with Gasteiger partial charge in [0.25, 0.3) is 0 Å². The summed E-state index contributed by atoms with van der Waals surface area (Å²) in [6.45, 7) is 0. The molecular weight excluding hydrogens is 308 g/mol. The summed E-state index contributed by atoms with van der Waals surface area (Å²) in [5.41, 5.74) is 0. The van der Waals surface area contributed by atoms with Crippen molar-refractivity contribution < 1.29 is 87.3 Å². The summed E-state index contributed by atoms with van der Waals surface area (Å²) in [5.74, 6) is 0. The minimum absolute atomic E-state index is 0. The minimum Gasteiger partial charge on any atom is -0.822 e. The van der Waals surface area contributed by atoms with Gasteiger partial charge in [0, 0.05) is 0 Å². The van der Waals surface area contributed by atoms with Gasteiger partial charge in [-0.05, 0) is 0 Å². The third kappa shape index (κ3) is 1780. The maximum absolute atomic E-state index is 8.55. The van der Waals surface area contributed by atoms with E-state index < -0.39 is 23.5 Å². The van der Waals surface area contributed by atoms with E-state index in [9.17, 15) is 0 Å². The molecule has 0 saturated heterocycles. The van der Waals surface area contributed by atoms with Crippen molar-refractivity contribution in [2.75, 3.05) is 0 Å². The monoisotopic (exact) mass is 308 g/mol. The molecule has 16 heteroatoms. The number of phosphoric acid groups is 3. The Hall–Kier alpha value is 1.33. The van der Waals surface area contributed by atoms with Crippen LogP contribution in [0.4, 0.5) is 0 Å². The maximum atomic E-state index is 8.55. The smallest absolute Gasteiger partial charge is 0.822 e. The first-order valence-corrected chi connectivity index (χ1v) is 6.57. The molecule has 0 aliphatic carbocycles. The van der Waals surface area contributed by atoms with E-state index in [1.165, 1.54) is 0 Å². The topological polar surface area (TPSA) is 259 Å². The van der Waals surface area contributed by atoms with Crippen LogP contribution in [-0.4, -0.2) is 0 Å². The zero-order chi connectivity index (χ0) is 13.5. The Morgan fingerprint density at radius 3 is 0.438 bits per heavy atom. The van der Waals surface area contributed by atoms with E-state index in [0.717, 1.165) is 0 Å². The summed E-state index contributed by atoms with van der Waals surface area (Å²) in [7, 11) is -16.2. The van der Waals surface area contributed by atoms with Crippen LogP contribution in [-0.2, 0) is 13.7 Å². The third-order valence-electron chi connectivity index (χ3n) is 0. The van der Waals surface area contributed by atoms with E-state index in [4.69, 9.17) is 57.7 Å². The van der Waals surface area contributed by atoms with Crippen molar-refractivity contribution in [3.05, 3.63) is 0 Å². The fraction of sp³-hybridized carbons (Fsp3) is 0. The molecule has 0 spiro atoms. The van der Waals surface area contributed by atoms with Crippen molar-refractivity contribution in [1.29, 1.82) is 0 Å². The maximum Gasteiger partial charge on any atom is 1.00 e. The molecule has 0 bridgehead atoms. The van der Waals surface area contributed by atoms with E-state index in [1.807, 2.05) is 0 Å². The SMILES string of the molecule is O=P([O-])([O-])[O-].O=P([O-])([O-])[O-].O=P([O-])([O-])[O-].[Na+]. The van der Waals surface area contributed by atoms with Gasteiger partial charge in [-0.2, -0.15) is 23.5 Å². The molecule has 0 aliphatic rings. The minimum atomic E-state index is -5.39. The predicted molar refractivity (Wildman–Crippen MR) is 22.8 cm³/mol. The molecule has 0 amide bonds. The van der Waals surface area contributed by atoms with Crippen molar-refractivity contribution in [2.24, 2.45) is 0 Å². The van der Waals surface area contributed by atoms with E-state index in [-0.39, 0.29) is 29.6 Å². The second-order valence-electron chi connectivity index (χ2n) is 1.34. The van der Waals surface area contributed by atoms with Crippen LogP contribution in [0.2, 0.25) is 0 Å². The molecule has 0 aliphatic heterocycles. The van der Waals surface area contributed by atoms with Crippen molar-refractivity contribution in [3.8, 4) is 0 Å². The van der Waals surface area contributed by atoms with E-state index >= 15 is 0 Å². The van der Waals surface area contributed by atoms with Gasteiger partial charge in [-0.1, -0.05) is 0 Å². The Morgan fingerprint density at radius 2 is 0.438 bits per heavy atom.